The Kier molecular flexibility index (Phi) is 4.91. The molecule has 0 amide bonds. The van der Waals surface area contributed by atoms with Crippen LogP contribution in [0, 0.1) is 5.41 Å². The van der Waals surface area contributed by atoms with E-state index in [1.54, 1.807) is 0 Å². The van der Waals surface area contributed by atoms with Crippen molar-refractivity contribution in [3.05, 3.63) is 30.1 Å². The fraction of sp³-hybridized carbons (Fsp3) is 0.722. The van der Waals surface area contributed by atoms with E-state index in [2.05, 4.69) is 33.8 Å². The van der Waals surface area contributed by atoms with Crippen molar-refractivity contribution in [2.24, 2.45) is 5.41 Å². The van der Waals surface area contributed by atoms with Crippen LogP contribution in [0.25, 0.3) is 0 Å². The molecule has 2 aliphatic rings. The molecule has 1 aromatic rings. The molecular weight excluding hydrogens is 258 g/mol. The second-order valence-corrected chi connectivity index (χ2v) is 6.88. The summed E-state index contributed by atoms with van der Waals surface area (Å²) in [5.74, 6) is 0. The predicted octanol–water partition coefficient (Wildman–Crippen LogP) is 2.82. The zero-order chi connectivity index (χ0) is 14.5. The van der Waals surface area contributed by atoms with Crippen molar-refractivity contribution < 1.29 is 0 Å². The monoisotopic (exact) mass is 287 g/mol. The van der Waals surface area contributed by atoms with Crippen molar-refractivity contribution in [3.8, 4) is 0 Å². The second-order valence-electron chi connectivity index (χ2n) is 6.88. The average molecular weight is 287 g/mol. The summed E-state index contributed by atoms with van der Waals surface area (Å²) < 4.78 is 0. The van der Waals surface area contributed by atoms with E-state index in [0.717, 1.165) is 0 Å². The number of nitrogens with zero attached hydrogens (tertiary/aromatic N) is 3. The Morgan fingerprint density at radius 3 is 2.10 bits per heavy atom. The Bertz CT molecular complexity index is 413. The summed E-state index contributed by atoms with van der Waals surface area (Å²) in [4.78, 5) is 9.37. The highest BCUT2D eigenvalue weighted by Crippen LogP contribution is 2.41. The largest absolute Gasteiger partial charge is 0.304 e. The van der Waals surface area contributed by atoms with Crippen LogP contribution in [-0.2, 0) is 6.42 Å². The van der Waals surface area contributed by atoms with Gasteiger partial charge in [-0.1, -0.05) is 6.92 Å². The summed E-state index contributed by atoms with van der Waals surface area (Å²) in [7, 11) is 0. The third-order valence-electron chi connectivity index (χ3n) is 5.75. The Balaban J connectivity index is 1.43. The van der Waals surface area contributed by atoms with Gasteiger partial charge in [0.2, 0.25) is 0 Å². The van der Waals surface area contributed by atoms with Crippen LogP contribution < -0.4 is 0 Å². The van der Waals surface area contributed by atoms with Crippen LogP contribution in [-0.4, -0.2) is 54.1 Å². The van der Waals surface area contributed by atoms with Gasteiger partial charge in [0, 0.05) is 18.9 Å². The van der Waals surface area contributed by atoms with Crippen LogP contribution >= 0.6 is 0 Å². The van der Waals surface area contributed by atoms with Crippen molar-refractivity contribution in [2.45, 2.75) is 39.0 Å². The molecule has 0 N–H and O–H groups in total. The van der Waals surface area contributed by atoms with E-state index < -0.39 is 0 Å². The molecule has 3 rings (SSSR count). The molecule has 0 bridgehead atoms. The standard InChI is InChI=1S/C18H29N3/c1-2-20-13-6-18(7-14-20)8-15-21(16-9-18)12-5-17-3-10-19-11-4-17/h3-4,10-11H,2,5-9,12-16H2,1H3. The third-order valence-corrected chi connectivity index (χ3v) is 5.75. The molecule has 3 heteroatoms. The smallest absolute Gasteiger partial charge is 0.0270 e. The molecule has 0 unspecified atom stereocenters. The summed E-state index contributed by atoms with van der Waals surface area (Å²) in [5.41, 5.74) is 2.10. The number of piperidine rings is 2. The van der Waals surface area contributed by atoms with E-state index in [-0.39, 0.29) is 0 Å². The van der Waals surface area contributed by atoms with E-state index in [4.69, 9.17) is 0 Å². The highest BCUT2D eigenvalue weighted by molar-refractivity contribution is 5.10. The number of aromatic nitrogens is 1. The number of hydrogen-bond donors (Lipinski definition) is 0. The SMILES string of the molecule is CCN1CCC2(CC1)CCN(CCc1ccncc1)CC2. The summed E-state index contributed by atoms with van der Waals surface area (Å²) in [6.07, 6.45) is 10.7. The van der Waals surface area contributed by atoms with Crippen molar-refractivity contribution in [2.75, 3.05) is 39.3 Å². The fourth-order valence-electron chi connectivity index (χ4n) is 3.93. The second kappa shape index (κ2) is 6.89. The van der Waals surface area contributed by atoms with Crippen molar-refractivity contribution in [1.29, 1.82) is 0 Å². The van der Waals surface area contributed by atoms with Gasteiger partial charge in [0.25, 0.3) is 0 Å². The zero-order valence-electron chi connectivity index (χ0n) is 13.4. The Morgan fingerprint density at radius 2 is 1.52 bits per heavy atom. The zero-order valence-corrected chi connectivity index (χ0v) is 13.4. The molecule has 2 aliphatic heterocycles. The van der Waals surface area contributed by atoms with Gasteiger partial charge < -0.3 is 9.80 Å². The first kappa shape index (κ1) is 15.0. The minimum atomic E-state index is 0.679. The van der Waals surface area contributed by atoms with Crippen LogP contribution in [0.2, 0.25) is 0 Å². The molecule has 0 aromatic carbocycles. The molecule has 0 saturated carbocycles. The van der Waals surface area contributed by atoms with Crippen LogP contribution in [0.5, 0.6) is 0 Å². The lowest BCUT2D eigenvalue weighted by Gasteiger charge is -2.46. The lowest BCUT2D eigenvalue weighted by Crippen LogP contribution is -2.47. The van der Waals surface area contributed by atoms with Gasteiger partial charge in [-0.2, -0.15) is 0 Å². The van der Waals surface area contributed by atoms with E-state index in [0.29, 0.717) is 5.41 Å². The fourth-order valence-corrected chi connectivity index (χ4v) is 3.93. The molecule has 1 aromatic heterocycles. The first-order valence-corrected chi connectivity index (χ1v) is 8.63. The van der Waals surface area contributed by atoms with Gasteiger partial charge in [-0.05, 0) is 87.9 Å². The molecule has 3 heterocycles. The third kappa shape index (κ3) is 3.83. The van der Waals surface area contributed by atoms with E-state index >= 15 is 0 Å². The molecule has 3 nitrogen and oxygen atoms in total. The van der Waals surface area contributed by atoms with Crippen LogP contribution in [0.15, 0.2) is 24.5 Å². The first-order valence-electron chi connectivity index (χ1n) is 8.63. The molecule has 116 valence electrons. The Morgan fingerprint density at radius 1 is 0.952 bits per heavy atom. The molecule has 21 heavy (non-hydrogen) atoms. The van der Waals surface area contributed by atoms with Gasteiger partial charge in [0.15, 0.2) is 0 Å². The van der Waals surface area contributed by atoms with Gasteiger partial charge in [0.05, 0.1) is 0 Å². The highest BCUT2D eigenvalue weighted by atomic mass is 15.1. The van der Waals surface area contributed by atoms with Crippen LogP contribution in [0.4, 0.5) is 0 Å². The number of rotatable bonds is 4. The highest BCUT2D eigenvalue weighted by Gasteiger charge is 2.36. The quantitative estimate of drug-likeness (QED) is 0.849. The normalized spacial score (nSPS) is 23.5. The minimum absolute atomic E-state index is 0.679. The van der Waals surface area contributed by atoms with Crippen molar-refractivity contribution in [1.82, 2.24) is 14.8 Å². The lowest BCUT2D eigenvalue weighted by atomic mass is 9.71. The Labute approximate surface area is 129 Å². The molecule has 0 atom stereocenters. The number of hydrogen-bond acceptors (Lipinski definition) is 3. The van der Waals surface area contributed by atoms with Gasteiger partial charge in [-0.25, -0.2) is 0 Å². The summed E-state index contributed by atoms with van der Waals surface area (Å²) in [6.45, 7) is 9.99. The summed E-state index contributed by atoms with van der Waals surface area (Å²) >= 11 is 0. The van der Waals surface area contributed by atoms with Crippen molar-refractivity contribution >= 4 is 0 Å². The van der Waals surface area contributed by atoms with E-state index in [9.17, 15) is 0 Å². The van der Waals surface area contributed by atoms with E-state index in [1.165, 1.54) is 76.9 Å². The van der Waals surface area contributed by atoms with Gasteiger partial charge in [-0.3, -0.25) is 4.98 Å². The number of pyridine rings is 1. The summed E-state index contributed by atoms with van der Waals surface area (Å²) in [5, 5.41) is 0. The van der Waals surface area contributed by atoms with Crippen LogP contribution in [0.1, 0.15) is 38.2 Å². The van der Waals surface area contributed by atoms with Gasteiger partial charge in [-0.15, -0.1) is 0 Å². The van der Waals surface area contributed by atoms with Crippen LogP contribution in [0.3, 0.4) is 0 Å². The topological polar surface area (TPSA) is 19.4 Å². The Hall–Kier alpha value is -0.930. The van der Waals surface area contributed by atoms with Crippen molar-refractivity contribution in [3.63, 3.8) is 0 Å². The number of likely N-dealkylation sites (tertiary alicyclic amines) is 2. The summed E-state index contributed by atoms with van der Waals surface area (Å²) in [6, 6.07) is 4.29. The maximum absolute atomic E-state index is 4.09. The molecule has 1 spiro atoms. The lowest BCUT2D eigenvalue weighted by molar-refractivity contribution is 0.0370. The molecule has 2 fully saturated rings. The molecule has 0 aliphatic carbocycles. The maximum atomic E-state index is 4.09. The van der Waals surface area contributed by atoms with Gasteiger partial charge in [0.1, 0.15) is 0 Å². The first-order chi connectivity index (χ1) is 10.3. The van der Waals surface area contributed by atoms with Gasteiger partial charge >= 0.3 is 0 Å². The minimum Gasteiger partial charge on any atom is -0.304 e. The average Bonchev–Trinajstić information content (AvgIpc) is 2.56. The molecule has 0 radical (unpaired) electrons. The van der Waals surface area contributed by atoms with E-state index in [1.807, 2.05) is 12.4 Å². The molecular formula is C18H29N3. The predicted molar refractivity (Wildman–Crippen MR) is 87.4 cm³/mol. The maximum Gasteiger partial charge on any atom is 0.0270 e. The molecule has 2 saturated heterocycles.